The standard InChI is InChI=1S/C25H30N8O2/c1-15(2)32-9-10-33(25(32)35)21-11-20(18(12-27-21)24(34)26-3)28-19-8-6-7-17-22-16(14-31(5)29-22)13-30(4)23(17)19/h6-8,11-12,14-15H,9-10,13H2,1-5H3,(H,26,34)(H,27,28)/i3D3. The topological polar surface area (TPSA) is 98.6 Å². The highest BCUT2D eigenvalue weighted by atomic mass is 16.2. The highest BCUT2D eigenvalue weighted by molar-refractivity contribution is 6.02. The van der Waals surface area contributed by atoms with Crippen molar-refractivity contribution in [3.05, 3.63) is 47.8 Å². The van der Waals surface area contributed by atoms with Gasteiger partial charge >= 0.3 is 6.03 Å². The number of aryl methyl sites for hydroxylation is 1. The van der Waals surface area contributed by atoms with E-state index in [1.165, 1.54) is 6.20 Å². The summed E-state index contributed by atoms with van der Waals surface area (Å²) in [6, 6.07) is 7.26. The molecule has 1 saturated heterocycles. The molecule has 35 heavy (non-hydrogen) atoms. The average molecular weight is 478 g/mol. The van der Waals surface area contributed by atoms with Gasteiger partial charge in [0.05, 0.1) is 28.3 Å². The second kappa shape index (κ2) is 8.61. The van der Waals surface area contributed by atoms with Crippen molar-refractivity contribution >= 4 is 34.8 Å². The molecule has 3 amide bonds. The third kappa shape index (κ3) is 3.84. The molecule has 0 unspecified atom stereocenters. The lowest BCUT2D eigenvalue weighted by atomic mass is 9.99. The zero-order valence-electron chi connectivity index (χ0n) is 23.2. The monoisotopic (exact) mass is 477 g/mol. The third-order valence-corrected chi connectivity index (χ3v) is 6.44. The number of hydrogen-bond donors (Lipinski definition) is 2. The smallest absolute Gasteiger partial charge is 0.326 e. The maximum absolute atomic E-state index is 13.0. The Hall–Kier alpha value is -4.08. The van der Waals surface area contributed by atoms with Crippen LogP contribution in [0.25, 0.3) is 11.3 Å². The number of carbonyl (C=O) groups excluding carboxylic acids is 2. The minimum absolute atomic E-state index is 0.0392. The number of nitrogens with zero attached hydrogens (tertiary/aromatic N) is 6. The number of rotatable bonds is 5. The van der Waals surface area contributed by atoms with Crippen LogP contribution in [0.5, 0.6) is 0 Å². The summed E-state index contributed by atoms with van der Waals surface area (Å²) in [6.45, 7) is 2.90. The first-order chi connectivity index (χ1) is 17.9. The Balaban J connectivity index is 1.57. The van der Waals surface area contributed by atoms with Crippen molar-refractivity contribution in [3.8, 4) is 11.3 Å². The van der Waals surface area contributed by atoms with E-state index in [2.05, 4.69) is 20.3 Å². The Morgan fingerprint density at radius 3 is 2.77 bits per heavy atom. The number of amides is 3. The Bertz CT molecular complexity index is 1420. The van der Waals surface area contributed by atoms with Crippen LogP contribution in [0.15, 0.2) is 36.7 Å². The second-order valence-corrected chi connectivity index (χ2v) is 9.12. The molecule has 4 heterocycles. The molecule has 10 nitrogen and oxygen atoms in total. The Morgan fingerprint density at radius 2 is 2.03 bits per heavy atom. The quantitative estimate of drug-likeness (QED) is 0.586. The predicted octanol–water partition coefficient (Wildman–Crippen LogP) is 3.19. The van der Waals surface area contributed by atoms with Gasteiger partial charge < -0.3 is 20.4 Å². The van der Waals surface area contributed by atoms with Crippen molar-refractivity contribution in [2.45, 2.75) is 26.4 Å². The molecule has 1 fully saturated rings. The lowest BCUT2D eigenvalue weighted by Crippen LogP contribution is -2.36. The number of carbonyl (C=O) groups is 2. The van der Waals surface area contributed by atoms with E-state index in [-0.39, 0.29) is 17.6 Å². The molecule has 1 aromatic carbocycles. The molecule has 182 valence electrons. The van der Waals surface area contributed by atoms with Crippen LogP contribution in [-0.4, -0.2) is 64.8 Å². The van der Waals surface area contributed by atoms with Crippen molar-refractivity contribution in [1.29, 1.82) is 0 Å². The van der Waals surface area contributed by atoms with Crippen LogP contribution in [0.3, 0.4) is 0 Å². The number of anilines is 4. The lowest BCUT2D eigenvalue weighted by molar-refractivity contribution is 0.0963. The normalized spacial score (nSPS) is 16.5. The summed E-state index contributed by atoms with van der Waals surface area (Å²) < 4.78 is 24.2. The highest BCUT2D eigenvalue weighted by Gasteiger charge is 2.33. The molecule has 2 aliphatic rings. The number of benzene rings is 1. The van der Waals surface area contributed by atoms with Gasteiger partial charge in [0.1, 0.15) is 5.82 Å². The molecular weight excluding hydrogens is 444 g/mol. The summed E-state index contributed by atoms with van der Waals surface area (Å²) in [6.07, 6.45) is 3.30. The van der Waals surface area contributed by atoms with Gasteiger partial charge in [-0.25, -0.2) is 9.78 Å². The van der Waals surface area contributed by atoms with Gasteiger partial charge in [-0.15, -0.1) is 0 Å². The van der Waals surface area contributed by atoms with E-state index in [4.69, 9.17) is 4.11 Å². The van der Waals surface area contributed by atoms with Crippen LogP contribution in [0, 0.1) is 0 Å². The minimum atomic E-state index is -2.67. The van der Waals surface area contributed by atoms with Crippen LogP contribution in [0.4, 0.5) is 27.7 Å². The van der Waals surface area contributed by atoms with Gasteiger partial charge in [-0.3, -0.25) is 14.4 Å². The van der Waals surface area contributed by atoms with E-state index in [1.54, 1.807) is 20.5 Å². The number of pyridine rings is 1. The van der Waals surface area contributed by atoms with Gasteiger partial charge in [0.2, 0.25) is 0 Å². The van der Waals surface area contributed by atoms with Crippen molar-refractivity contribution < 1.29 is 13.7 Å². The SMILES string of the molecule is [2H]C([2H])([2H])NC(=O)c1cnc(N2CCN(C(C)C)C2=O)cc1Nc1cccc2c1N(C)Cc1cn(C)nc1-2. The zero-order valence-corrected chi connectivity index (χ0v) is 20.2. The van der Waals surface area contributed by atoms with E-state index in [0.717, 1.165) is 22.5 Å². The molecule has 3 aromatic rings. The molecule has 5 rings (SSSR count). The first-order valence-corrected chi connectivity index (χ1v) is 11.5. The number of fused-ring (bicyclic) bond motifs is 3. The van der Waals surface area contributed by atoms with Crippen molar-refractivity contribution in [2.75, 3.05) is 42.2 Å². The van der Waals surface area contributed by atoms with E-state index in [0.29, 0.717) is 36.8 Å². The maximum atomic E-state index is 13.0. The van der Waals surface area contributed by atoms with Crippen molar-refractivity contribution in [1.82, 2.24) is 25.0 Å². The molecule has 2 aromatic heterocycles. The van der Waals surface area contributed by atoms with Gasteiger partial charge in [-0.2, -0.15) is 5.10 Å². The Kier molecular flexibility index (Phi) is 4.73. The lowest BCUT2D eigenvalue weighted by Gasteiger charge is -2.29. The zero-order chi connectivity index (χ0) is 27.4. The average Bonchev–Trinajstić information content (AvgIpc) is 3.39. The first kappa shape index (κ1) is 19.2. The fourth-order valence-corrected chi connectivity index (χ4v) is 4.80. The molecule has 0 aliphatic carbocycles. The van der Waals surface area contributed by atoms with E-state index in [9.17, 15) is 9.59 Å². The van der Waals surface area contributed by atoms with Gasteiger partial charge in [-0.05, 0) is 19.9 Å². The fourth-order valence-electron chi connectivity index (χ4n) is 4.80. The second-order valence-electron chi connectivity index (χ2n) is 9.12. The molecule has 2 N–H and O–H groups in total. The molecule has 0 bridgehead atoms. The van der Waals surface area contributed by atoms with Crippen LogP contribution < -0.4 is 20.4 Å². The Morgan fingerprint density at radius 1 is 1.20 bits per heavy atom. The van der Waals surface area contributed by atoms with Gasteiger partial charge in [-0.1, -0.05) is 12.1 Å². The minimum Gasteiger partial charge on any atom is -0.368 e. The summed E-state index contributed by atoms with van der Waals surface area (Å²) in [5, 5.41) is 10.0. The van der Waals surface area contributed by atoms with Crippen LogP contribution >= 0.6 is 0 Å². The number of hydrogen-bond acceptors (Lipinski definition) is 6. The van der Waals surface area contributed by atoms with E-state index < -0.39 is 12.9 Å². The molecule has 0 atom stereocenters. The number of para-hydroxylation sites is 1. The summed E-state index contributed by atoms with van der Waals surface area (Å²) in [7, 11) is 3.86. The van der Waals surface area contributed by atoms with Gasteiger partial charge in [0.15, 0.2) is 0 Å². The van der Waals surface area contributed by atoms with Crippen molar-refractivity contribution in [2.24, 2.45) is 7.05 Å². The number of aromatic nitrogens is 3. The van der Waals surface area contributed by atoms with Gasteiger partial charge in [0, 0.05) is 80.4 Å². The van der Waals surface area contributed by atoms with E-state index >= 15 is 0 Å². The van der Waals surface area contributed by atoms with Crippen LogP contribution in [-0.2, 0) is 13.6 Å². The molecule has 2 aliphatic heterocycles. The van der Waals surface area contributed by atoms with Crippen LogP contribution in [0.1, 0.15) is 33.9 Å². The van der Waals surface area contributed by atoms with Crippen molar-refractivity contribution in [3.63, 3.8) is 0 Å². The van der Waals surface area contributed by atoms with E-state index in [1.807, 2.05) is 57.7 Å². The maximum Gasteiger partial charge on any atom is 0.326 e. The Labute approximate surface area is 208 Å². The van der Waals surface area contributed by atoms with Gasteiger partial charge in [0.25, 0.3) is 5.91 Å². The predicted molar refractivity (Wildman–Crippen MR) is 136 cm³/mol. The van der Waals surface area contributed by atoms with Crippen LogP contribution in [0.2, 0.25) is 0 Å². The molecule has 0 radical (unpaired) electrons. The molecule has 10 heteroatoms. The molecular formula is C25H30N8O2. The summed E-state index contributed by atoms with van der Waals surface area (Å²) in [4.78, 5) is 35.7. The first-order valence-electron chi connectivity index (χ1n) is 13.0. The largest absolute Gasteiger partial charge is 0.368 e. The fraction of sp³-hybridized carbons (Fsp3) is 0.360. The highest BCUT2D eigenvalue weighted by Crippen LogP contribution is 2.43. The molecule has 0 spiro atoms. The molecule has 0 saturated carbocycles. The summed E-state index contributed by atoms with van der Waals surface area (Å²) in [5.41, 5.74) is 4.90. The summed E-state index contributed by atoms with van der Waals surface area (Å²) >= 11 is 0. The number of urea groups is 1. The summed E-state index contributed by atoms with van der Waals surface area (Å²) in [5.74, 6) is -0.426. The number of nitrogens with one attached hydrogen (secondary N) is 2. The third-order valence-electron chi connectivity index (χ3n) is 6.44.